The predicted octanol–water partition coefficient (Wildman–Crippen LogP) is 3.30. The van der Waals surface area contributed by atoms with Crippen molar-refractivity contribution in [3.05, 3.63) is 35.4 Å². The molecule has 1 aromatic carbocycles. The van der Waals surface area contributed by atoms with E-state index >= 15 is 0 Å². The van der Waals surface area contributed by atoms with Crippen molar-refractivity contribution in [3.63, 3.8) is 0 Å². The number of likely N-dealkylation sites (tertiary alicyclic amines) is 1. The normalized spacial score (nSPS) is 16.8. The molecule has 0 aliphatic carbocycles. The molecule has 1 N–H and O–H groups in total. The highest BCUT2D eigenvalue weighted by atomic mass is 16.2. The lowest BCUT2D eigenvalue weighted by molar-refractivity contribution is -0.131. The number of nitrogens with one attached hydrogen (secondary N) is 1. The number of nitrogens with zero attached hydrogens (tertiary/aromatic N) is 1. The number of piperidine rings is 1. The summed E-state index contributed by atoms with van der Waals surface area (Å²) in [4.78, 5) is 14.1. The minimum absolute atomic E-state index is 0.217. The molecule has 3 heteroatoms. The third kappa shape index (κ3) is 4.85. The van der Waals surface area contributed by atoms with Gasteiger partial charge >= 0.3 is 0 Å². The maximum atomic E-state index is 12.1. The predicted molar refractivity (Wildman–Crippen MR) is 87.3 cm³/mol. The van der Waals surface area contributed by atoms with Crippen molar-refractivity contribution in [2.75, 3.05) is 19.6 Å². The van der Waals surface area contributed by atoms with Crippen molar-refractivity contribution in [2.45, 2.75) is 52.0 Å². The zero-order valence-electron chi connectivity index (χ0n) is 13.4. The van der Waals surface area contributed by atoms with Gasteiger partial charge in [0.05, 0.1) is 6.54 Å². The SMILES string of the molecule is CCCc1ccc(C(C)NCC(=O)N2CCCCC2)cc1. The van der Waals surface area contributed by atoms with Crippen LogP contribution in [0.5, 0.6) is 0 Å². The van der Waals surface area contributed by atoms with E-state index < -0.39 is 0 Å². The average Bonchev–Trinajstić information content (AvgIpc) is 2.54. The van der Waals surface area contributed by atoms with Gasteiger partial charge in [-0.3, -0.25) is 4.79 Å². The first-order valence-corrected chi connectivity index (χ1v) is 8.30. The summed E-state index contributed by atoms with van der Waals surface area (Å²) in [7, 11) is 0. The fraction of sp³-hybridized carbons (Fsp3) is 0.611. The maximum Gasteiger partial charge on any atom is 0.236 e. The summed E-state index contributed by atoms with van der Waals surface area (Å²) in [5.41, 5.74) is 2.64. The molecule has 2 rings (SSSR count). The van der Waals surface area contributed by atoms with Gasteiger partial charge in [0.2, 0.25) is 5.91 Å². The van der Waals surface area contributed by atoms with Crippen LogP contribution in [-0.2, 0) is 11.2 Å². The van der Waals surface area contributed by atoms with Gasteiger partial charge in [0, 0.05) is 19.1 Å². The number of carbonyl (C=O) groups is 1. The largest absolute Gasteiger partial charge is 0.342 e. The molecule has 0 aromatic heterocycles. The fourth-order valence-corrected chi connectivity index (χ4v) is 2.88. The molecule has 1 aromatic rings. The summed E-state index contributed by atoms with van der Waals surface area (Å²) in [6.07, 6.45) is 5.88. The molecule has 21 heavy (non-hydrogen) atoms. The molecule has 116 valence electrons. The Morgan fingerprint density at radius 2 is 1.86 bits per heavy atom. The fourth-order valence-electron chi connectivity index (χ4n) is 2.88. The van der Waals surface area contributed by atoms with Crippen LogP contribution in [-0.4, -0.2) is 30.4 Å². The molecule has 0 bridgehead atoms. The monoisotopic (exact) mass is 288 g/mol. The first kappa shape index (κ1) is 16.0. The van der Waals surface area contributed by atoms with Crippen LogP contribution in [0.2, 0.25) is 0 Å². The molecular formula is C18H28N2O. The maximum absolute atomic E-state index is 12.1. The van der Waals surface area contributed by atoms with Crippen LogP contribution in [0, 0.1) is 0 Å². The van der Waals surface area contributed by atoms with Gasteiger partial charge in [-0.15, -0.1) is 0 Å². The van der Waals surface area contributed by atoms with Crippen LogP contribution in [0.4, 0.5) is 0 Å². The van der Waals surface area contributed by atoms with Gasteiger partial charge < -0.3 is 10.2 Å². The van der Waals surface area contributed by atoms with Crippen LogP contribution in [0.3, 0.4) is 0 Å². The van der Waals surface area contributed by atoms with Crippen LogP contribution in [0.25, 0.3) is 0 Å². The Labute approximate surface area is 128 Å². The quantitative estimate of drug-likeness (QED) is 0.871. The number of amides is 1. The number of carbonyl (C=O) groups excluding carboxylic acids is 1. The van der Waals surface area contributed by atoms with E-state index in [1.807, 2.05) is 4.90 Å². The van der Waals surface area contributed by atoms with Gasteiger partial charge in [-0.2, -0.15) is 0 Å². The molecule has 1 unspecified atom stereocenters. The Hall–Kier alpha value is -1.35. The topological polar surface area (TPSA) is 32.3 Å². The standard InChI is InChI=1S/C18H28N2O/c1-3-7-16-8-10-17(11-9-16)15(2)19-14-18(21)20-12-5-4-6-13-20/h8-11,15,19H,3-7,12-14H2,1-2H3. The zero-order chi connectivity index (χ0) is 15.1. The van der Waals surface area contributed by atoms with Gasteiger partial charge in [0.25, 0.3) is 0 Å². The van der Waals surface area contributed by atoms with Gasteiger partial charge in [0.15, 0.2) is 0 Å². The molecule has 3 nitrogen and oxygen atoms in total. The molecule has 0 saturated carbocycles. The first-order chi connectivity index (χ1) is 10.2. The third-order valence-corrected chi connectivity index (χ3v) is 4.29. The average molecular weight is 288 g/mol. The van der Waals surface area contributed by atoms with Crippen LogP contribution in [0.1, 0.15) is 56.7 Å². The molecule has 0 radical (unpaired) electrons. The van der Waals surface area contributed by atoms with E-state index in [1.165, 1.54) is 24.0 Å². The summed E-state index contributed by atoms with van der Waals surface area (Å²) >= 11 is 0. The van der Waals surface area contributed by atoms with E-state index in [-0.39, 0.29) is 11.9 Å². The first-order valence-electron chi connectivity index (χ1n) is 8.30. The van der Waals surface area contributed by atoms with Crippen LogP contribution in [0.15, 0.2) is 24.3 Å². The third-order valence-electron chi connectivity index (χ3n) is 4.29. The van der Waals surface area contributed by atoms with Gasteiger partial charge in [-0.25, -0.2) is 0 Å². The number of benzene rings is 1. The Morgan fingerprint density at radius 3 is 2.48 bits per heavy atom. The highest BCUT2D eigenvalue weighted by molar-refractivity contribution is 5.78. The lowest BCUT2D eigenvalue weighted by atomic mass is 10.0. The van der Waals surface area contributed by atoms with Crippen molar-refractivity contribution < 1.29 is 4.79 Å². The van der Waals surface area contributed by atoms with Crippen molar-refractivity contribution >= 4 is 5.91 Å². The zero-order valence-corrected chi connectivity index (χ0v) is 13.4. The van der Waals surface area contributed by atoms with Crippen molar-refractivity contribution in [1.29, 1.82) is 0 Å². The molecule has 0 spiro atoms. The van der Waals surface area contributed by atoms with E-state index in [0.717, 1.165) is 32.4 Å². The molecule has 1 aliphatic rings. The molecule has 1 amide bonds. The second-order valence-electron chi connectivity index (χ2n) is 6.04. The summed E-state index contributed by atoms with van der Waals surface area (Å²) in [5.74, 6) is 0.240. The Bertz CT molecular complexity index is 435. The highest BCUT2D eigenvalue weighted by Crippen LogP contribution is 2.14. The molecular weight excluding hydrogens is 260 g/mol. The Morgan fingerprint density at radius 1 is 1.19 bits per heavy atom. The number of aryl methyl sites for hydroxylation is 1. The van der Waals surface area contributed by atoms with Crippen molar-refractivity contribution in [3.8, 4) is 0 Å². The molecule has 1 saturated heterocycles. The summed E-state index contributed by atoms with van der Waals surface area (Å²) < 4.78 is 0. The summed E-state index contributed by atoms with van der Waals surface area (Å²) in [6, 6.07) is 8.96. The lowest BCUT2D eigenvalue weighted by Crippen LogP contribution is -2.41. The smallest absolute Gasteiger partial charge is 0.236 e. The molecule has 1 fully saturated rings. The van der Waals surface area contributed by atoms with Crippen molar-refractivity contribution in [1.82, 2.24) is 10.2 Å². The van der Waals surface area contributed by atoms with Gasteiger partial charge in [0.1, 0.15) is 0 Å². The van der Waals surface area contributed by atoms with E-state index in [2.05, 4.69) is 43.4 Å². The Balaban J connectivity index is 1.80. The number of hydrogen-bond acceptors (Lipinski definition) is 2. The van der Waals surface area contributed by atoms with E-state index in [0.29, 0.717) is 6.54 Å². The van der Waals surface area contributed by atoms with Crippen molar-refractivity contribution in [2.24, 2.45) is 0 Å². The minimum Gasteiger partial charge on any atom is -0.342 e. The summed E-state index contributed by atoms with van der Waals surface area (Å²) in [6.45, 7) is 6.63. The minimum atomic E-state index is 0.217. The van der Waals surface area contributed by atoms with E-state index in [4.69, 9.17) is 0 Å². The highest BCUT2D eigenvalue weighted by Gasteiger charge is 2.16. The second-order valence-corrected chi connectivity index (χ2v) is 6.04. The number of rotatable bonds is 6. The van der Waals surface area contributed by atoms with E-state index in [9.17, 15) is 4.79 Å². The van der Waals surface area contributed by atoms with Gasteiger partial charge in [-0.05, 0) is 43.7 Å². The second kappa shape index (κ2) is 8.18. The van der Waals surface area contributed by atoms with Gasteiger partial charge in [-0.1, -0.05) is 37.6 Å². The Kier molecular flexibility index (Phi) is 6.24. The molecule has 1 atom stereocenters. The van der Waals surface area contributed by atoms with Crippen LogP contribution >= 0.6 is 0 Å². The molecule has 1 heterocycles. The van der Waals surface area contributed by atoms with E-state index in [1.54, 1.807) is 0 Å². The van der Waals surface area contributed by atoms with Crippen LogP contribution < -0.4 is 5.32 Å². The number of hydrogen-bond donors (Lipinski definition) is 1. The lowest BCUT2D eigenvalue weighted by Gasteiger charge is -2.27. The molecule has 1 aliphatic heterocycles. The summed E-state index contributed by atoms with van der Waals surface area (Å²) in [5, 5.41) is 3.36.